The van der Waals surface area contributed by atoms with E-state index in [9.17, 15) is 14.4 Å². The van der Waals surface area contributed by atoms with Gasteiger partial charge in [0.05, 0.1) is 5.69 Å². The minimum atomic E-state index is -1.14. The van der Waals surface area contributed by atoms with E-state index >= 15 is 0 Å². The molecule has 2 aromatic rings. The summed E-state index contributed by atoms with van der Waals surface area (Å²) >= 11 is 7.25. The normalized spacial score (nSPS) is 21.6. The van der Waals surface area contributed by atoms with E-state index in [1.807, 2.05) is 24.3 Å². The third kappa shape index (κ3) is 2.93. The monoisotopic (exact) mass is 401 g/mol. The summed E-state index contributed by atoms with van der Waals surface area (Å²) in [5.74, 6) is -1.02. The molecule has 4 rings (SSSR count). The zero-order chi connectivity index (χ0) is 19.2. The number of carbonyl (C=O) groups is 3. The standard InChI is InChI=1S/C20H16ClNO4S/c1-12(18(24)13-5-4-6-14(21)11-13)26-19(25)20-10-9-17(23)22(20)15-7-2-3-8-16(15)27-20/h2-8,11-12H,9-10H2,1H3/t12-,20-/m0/s1. The van der Waals surface area contributed by atoms with Gasteiger partial charge >= 0.3 is 5.97 Å². The summed E-state index contributed by atoms with van der Waals surface area (Å²) < 4.78 is 5.53. The molecular weight excluding hydrogens is 386 g/mol. The number of halogens is 1. The van der Waals surface area contributed by atoms with Gasteiger partial charge < -0.3 is 4.74 Å². The Morgan fingerprint density at radius 2 is 2.00 bits per heavy atom. The minimum Gasteiger partial charge on any atom is -0.452 e. The number of carbonyl (C=O) groups excluding carboxylic acids is 3. The maximum atomic E-state index is 13.1. The van der Waals surface area contributed by atoms with Crippen molar-refractivity contribution in [1.29, 1.82) is 0 Å². The maximum absolute atomic E-state index is 13.1. The third-order valence-electron chi connectivity index (χ3n) is 4.75. The van der Waals surface area contributed by atoms with Crippen molar-refractivity contribution < 1.29 is 19.1 Å². The van der Waals surface area contributed by atoms with Gasteiger partial charge in [0, 0.05) is 28.3 Å². The number of anilines is 1. The number of amides is 1. The van der Waals surface area contributed by atoms with Crippen LogP contribution in [-0.2, 0) is 14.3 Å². The number of hydrogen-bond acceptors (Lipinski definition) is 5. The lowest BCUT2D eigenvalue weighted by atomic mass is 10.1. The lowest BCUT2D eigenvalue weighted by molar-refractivity contribution is -0.149. The van der Waals surface area contributed by atoms with Crippen molar-refractivity contribution in [3.8, 4) is 0 Å². The predicted octanol–water partition coefficient (Wildman–Crippen LogP) is 4.08. The minimum absolute atomic E-state index is 0.113. The van der Waals surface area contributed by atoms with Gasteiger partial charge in [-0.05, 0) is 31.2 Å². The fourth-order valence-corrected chi connectivity index (χ4v) is 5.05. The number of benzene rings is 2. The second-order valence-electron chi connectivity index (χ2n) is 6.51. The van der Waals surface area contributed by atoms with Crippen molar-refractivity contribution in [3.05, 3.63) is 59.1 Å². The highest BCUT2D eigenvalue weighted by Gasteiger charge is 2.58. The second kappa shape index (κ2) is 6.69. The number of ketones is 1. The van der Waals surface area contributed by atoms with E-state index in [0.29, 0.717) is 17.0 Å². The van der Waals surface area contributed by atoms with Gasteiger partial charge in [-0.25, -0.2) is 4.79 Å². The average Bonchev–Trinajstić information content (AvgIpc) is 3.17. The molecule has 1 saturated heterocycles. The largest absolute Gasteiger partial charge is 0.452 e. The molecule has 0 N–H and O–H groups in total. The van der Waals surface area contributed by atoms with Crippen LogP contribution in [0.2, 0.25) is 5.02 Å². The number of esters is 1. The van der Waals surface area contributed by atoms with E-state index in [1.165, 1.54) is 29.7 Å². The summed E-state index contributed by atoms with van der Waals surface area (Å²) in [6, 6.07) is 13.9. The molecule has 0 aromatic heterocycles. The van der Waals surface area contributed by atoms with E-state index in [1.54, 1.807) is 18.2 Å². The summed E-state index contributed by atoms with van der Waals surface area (Å²) in [6.07, 6.45) is -0.359. The van der Waals surface area contributed by atoms with Gasteiger partial charge in [-0.1, -0.05) is 47.6 Å². The summed E-state index contributed by atoms with van der Waals surface area (Å²) in [5, 5.41) is 0.437. The van der Waals surface area contributed by atoms with Crippen LogP contribution in [0.5, 0.6) is 0 Å². The Morgan fingerprint density at radius 1 is 1.22 bits per heavy atom. The van der Waals surface area contributed by atoms with Gasteiger partial charge in [-0.15, -0.1) is 0 Å². The van der Waals surface area contributed by atoms with Crippen molar-refractivity contribution in [2.45, 2.75) is 35.6 Å². The first kappa shape index (κ1) is 18.1. The first-order valence-electron chi connectivity index (χ1n) is 8.54. The molecular formula is C20H16ClNO4S. The molecule has 0 radical (unpaired) electrons. The number of rotatable bonds is 4. The maximum Gasteiger partial charge on any atom is 0.344 e. The van der Waals surface area contributed by atoms with Gasteiger partial charge in [0.15, 0.2) is 11.0 Å². The number of para-hydroxylation sites is 1. The number of nitrogens with zero attached hydrogens (tertiary/aromatic N) is 1. The van der Waals surface area contributed by atoms with Crippen LogP contribution >= 0.6 is 23.4 Å². The van der Waals surface area contributed by atoms with Crippen molar-refractivity contribution >= 4 is 46.7 Å². The molecule has 0 aliphatic carbocycles. The van der Waals surface area contributed by atoms with Crippen LogP contribution in [0.25, 0.3) is 0 Å². The molecule has 2 aliphatic rings. The Bertz CT molecular complexity index is 963. The Balaban J connectivity index is 1.58. The van der Waals surface area contributed by atoms with Crippen LogP contribution in [0.4, 0.5) is 5.69 Å². The fraction of sp³-hybridized carbons (Fsp3) is 0.250. The lowest BCUT2D eigenvalue weighted by Crippen LogP contribution is -2.49. The van der Waals surface area contributed by atoms with Gasteiger partial charge in [-0.3, -0.25) is 14.5 Å². The number of thioether (sulfide) groups is 1. The van der Waals surface area contributed by atoms with Crippen molar-refractivity contribution in [3.63, 3.8) is 0 Å². The quantitative estimate of drug-likeness (QED) is 0.570. The summed E-state index contributed by atoms with van der Waals surface area (Å²) in [6.45, 7) is 1.53. The van der Waals surface area contributed by atoms with Crippen LogP contribution in [0, 0.1) is 0 Å². The zero-order valence-corrected chi connectivity index (χ0v) is 16.0. The Kier molecular flexibility index (Phi) is 4.48. The fourth-order valence-electron chi connectivity index (χ4n) is 3.45. The molecule has 2 heterocycles. The van der Waals surface area contributed by atoms with E-state index in [0.717, 1.165) is 10.6 Å². The third-order valence-corrected chi connectivity index (χ3v) is 6.45. The van der Waals surface area contributed by atoms with Crippen LogP contribution in [0.3, 0.4) is 0 Å². The summed E-state index contributed by atoms with van der Waals surface area (Å²) in [4.78, 5) is 39.3. The number of hydrogen-bond donors (Lipinski definition) is 0. The summed E-state index contributed by atoms with van der Waals surface area (Å²) in [7, 11) is 0. The molecule has 7 heteroatoms. The highest BCUT2D eigenvalue weighted by atomic mass is 35.5. The molecule has 0 spiro atoms. The molecule has 1 amide bonds. The Morgan fingerprint density at radius 3 is 2.78 bits per heavy atom. The molecule has 138 valence electrons. The van der Waals surface area contributed by atoms with Crippen LogP contribution in [0.15, 0.2) is 53.4 Å². The zero-order valence-electron chi connectivity index (χ0n) is 14.5. The molecule has 2 aliphatic heterocycles. The molecule has 0 unspecified atom stereocenters. The molecule has 0 saturated carbocycles. The van der Waals surface area contributed by atoms with E-state index in [2.05, 4.69) is 0 Å². The van der Waals surface area contributed by atoms with Crippen molar-refractivity contribution in [1.82, 2.24) is 0 Å². The first-order valence-corrected chi connectivity index (χ1v) is 9.74. The van der Waals surface area contributed by atoms with E-state index < -0.39 is 16.9 Å². The van der Waals surface area contributed by atoms with Crippen LogP contribution in [-0.4, -0.2) is 28.6 Å². The van der Waals surface area contributed by atoms with Gasteiger partial charge in [0.25, 0.3) is 0 Å². The molecule has 2 atom stereocenters. The molecule has 5 nitrogen and oxygen atoms in total. The number of ether oxygens (including phenoxy) is 1. The average molecular weight is 402 g/mol. The smallest absolute Gasteiger partial charge is 0.344 e. The molecule has 27 heavy (non-hydrogen) atoms. The predicted molar refractivity (Wildman–Crippen MR) is 103 cm³/mol. The number of fused-ring (bicyclic) bond motifs is 3. The van der Waals surface area contributed by atoms with Gasteiger partial charge in [0.2, 0.25) is 11.7 Å². The first-order chi connectivity index (χ1) is 12.9. The topological polar surface area (TPSA) is 63.7 Å². The molecule has 1 fully saturated rings. The van der Waals surface area contributed by atoms with Crippen LogP contribution < -0.4 is 4.90 Å². The molecule has 2 aromatic carbocycles. The van der Waals surface area contributed by atoms with Crippen molar-refractivity contribution in [2.75, 3.05) is 4.90 Å². The molecule has 0 bridgehead atoms. The van der Waals surface area contributed by atoms with Crippen molar-refractivity contribution in [2.24, 2.45) is 0 Å². The Hall–Kier alpha value is -2.31. The van der Waals surface area contributed by atoms with E-state index in [-0.39, 0.29) is 18.1 Å². The Labute approximate surface area is 165 Å². The van der Waals surface area contributed by atoms with E-state index in [4.69, 9.17) is 16.3 Å². The lowest BCUT2D eigenvalue weighted by Gasteiger charge is -2.29. The van der Waals surface area contributed by atoms with Gasteiger partial charge in [0.1, 0.15) is 0 Å². The number of Topliss-reactive ketones (excluding diaryl/α,β-unsaturated/α-hetero) is 1. The highest BCUT2D eigenvalue weighted by molar-refractivity contribution is 8.02. The van der Waals surface area contributed by atoms with Crippen LogP contribution in [0.1, 0.15) is 30.1 Å². The highest BCUT2D eigenvalue weighted by Crippen LogP contribution is 2.56. The van der Waals surface area contributed by atoms with Gasteiger partial charge in [-0.2, -0.15) is 0 Å². The second-order valence-corrected chi connectivity index (χ2v) is 8.26. The summed E-state index contributed by atoms with van der Waals surface area (Å²) in [5.41, 5.74) is 1.10. The SMILES string of the molecule is C[C@H](OC(=O)[C@@]12CCC(=O)N1c1ccccc1S2)C(=O)c1cccc(Cl)c1.